The quantitative estimate of drug-likeness (QED) is 0.530. The molecule has 0 spiro atoms. The number of hydrogen-bond donors (Lipinski definition) is 0. The second kappa shape index (κ2) is 8.93. The summed E-state index contributed by atoms with van der Waals surface area (Å²) >= 11 is 3.12. The molecule has 132 valence electrons. The Kier molecular flexibility index (Phi) is 6.37. The van der Waals surface area contributed by atoms with Crippen LogP contribution in [0.15, 0.2) is 41.1 Å². The fourth-order valence-electron chi connectivity index (χ4n) is 2.00. The lowest BCUT2D eigenvalue weighted by Crippen LogP contribution is -2.04. The van der Waals surface area contributed by atoms with Crippen molar-refractivity contribution in [1.29, 1.82) is 0 Å². The third-order valence-electron chi connectivity index (χ3n) is 3.24. The van der Waals surface area contributed by atoms with E-state index in [1.807, 2.05) is 9.95 Å². The SMILES string of the molecule is COCCn1cnnc1SCc1csc(COc2ccc(F)cc2)n1. The summed E-state index contributed by atoms with van der Waals surface area (Å²) in [5.41, 5.74) is 0.967. The predicted octanol–water partition coefficient (Wildman–Crippen LogP) is 3.39. The summed E-state index contributed by atoms with van der Waals surface area (Å²) in [5.74, 6) is 1.05. The molecule has 25 heavy (non-hydrogen) atoms. The van der Waals surface area contributed by atoms with Crippen molar-refractivity contribution < 1.29 is 13.9 Å². The van der Waals surface area contributed by atoms with Crippen molar-refractivity contribution in [2.45, 2.75) is 24.1 Å². The molecule has 6 nitrogen and oxygen atoms in total. The lowest BCUT2D eigenvalue weighted by atomic mass is 10.3. The summed E-state index contributed by atoms with van der Waals surface area (Å²) in [7, 11) is 1.67. The molecule has 0 aliphatic rings. The minimum atomic E-state index is -0.278. The number of rotatable bonds is 9. The smallest absolute Gasteiger partial charge is 0.191 e. The normalized spacial score (nSPS) is 11.0. The third kappa shape index (κ3) is 5.25. The predicted molar refractivity (Wildman–Crippen MR) is 94.3 cm³/mol. The van der Waals surface area contributed by atoms with Gasteiger partial charge >= 0.3 is 0 Å². The molecule has 2 heterocycles. The van der Waals surface area contributed by atoms with Gasteiger partial charge in [0.15, 0.2) is 5.16 Å². The molecular formula is C16H17FN4O2S2. The first-order chi connectivity index (χ1) is 12.2. The minimum Gasteiger partial charge on any atom is -0.486 e. The molecule has 0 aliphatic carbocycles. The molecule has 0 radical (unpaired) electrons. The third-order valence-corrected chi connectivity index (χ3v) is 5.13. The Morgan fingerprint density at radius 3 is 2.92 bits per heavy atom. The Morgan fingerprint density at radius 1 is 1.28 bits per heavy atom. The molecule has 0 fully saturated rings. The largest absolute Gasteiger partial charge is 0.486 e. The highest BCUT2D eigenvalue weighted by molar-refractivity contribution is 7.98. The molecule has 3 aromatic rings. The van der Waals surface area contributed by atoms with Crippen LogP contribution in [-0.4, -0.2) is 33.5 Å². The number of thioether (sulfide) groups is 1. The van der Waals surface area contributed by atoms with Gasteiger partial charge in [-0.3, -0.25) is 0 Å². The summed E-state index contributed by atoms with van der Waals surface area (Å²) in [6.07, 6.45) is 1.70. The van der Waals surface area contributed by atoms with Crippen LogP contribution in [0.4, 0.5) is 4.39 Å². The Bertz CT molecular complexity index is 792. The maximum Gasteiger partial charge on any atom is 0.191 e. The van der Waals surface area contributed by atoms with Gasteiger partial charge in [0.1, 0.15) is 29.5 Å². The average Bonchev–Trinajstić information content (AvgIpc) is 3.26. The highest BCUT2D eigenvalue weighted by atomic mass is 32.2. The van der Waals surface area contributed by atoms with Crippen LogP contribution in [0.2, 0.25) is 0 Å². The standard InChI is InChI=1S/C16H17FN4O2S2/c1-22-7-6-21-11-18-20-16(21)25-10-13-9-24-15(19-13)8-23-14-4-2-12(17)3-5-14/h2-5,9,11H,6-8,10H2,1H3. The first-order valence-electron chi connectivity index (χ1n) is 7.56. The number of thiazole rings is 1. The number of ether oxygens (including phenoxy) is 2. The number of hydrogen-bond acceptors (Lipinski definition) is 7. The monoisotopic (exact) mass is 380 g/mol. The average molecular weight is 380 g/mol. The zero-order chi connectivity index (χ0) is 17.5. The van der Waals surface area contributed by atoms with Crippen LogP contribution in [0.1, 0.15) is 10.7 Å². The summed E-state index contributed by atoms with van der Waals surface area (Å²) in [6, 6.07) is 5.96. The van der Waals surface area contributed by atoms with E-state index in [9.17, 15) is 4.39 Å². The van der Waals surface area contributed by atoms with Gasteiger partial charge in [0.05, 0.1) is 12.3 Å². The number of aromatic nitrogens is 4. The van der Waals surface area contributed by atoms with Crippen molar-refractivity contribution in [3.05, 3.63) is 52.5 Å². The topological polar surface area (TPSA) is 62.1 Å². The Labute approximate surface area is 153 Å². The second-order valence-corrected chi connectivity index (χ2v) is 6.95. The van der Waals surface area contributed by atoms with E-state index in [1.54, 1.807) is 48.7 Å². The van der Waals surface area contributed by atoms with Crippen LogP contribution in [0.3, 0.4) is 0 Å². The molecule has 0 N–H and O–H groups in total. The van der Waals surface area contributed by atoms with Gasteiger partial charge in [0, 0.05) is 24.8 Å². The van der Waals surface area contributed by atoms with E-state index >= 15 is 0 Å². The van der Waals surface area contributed by atoms with Crippen LogP contribution in [0.5, 0.6) is 5.75 Å². The van der Waals surface area contributed by atoms with Crippen molar-refractivity contribution in [1.82, 2.24) is 19.7 Å². The van der Waals surface area contributed by atoms with Crippen molar-refractivity contribution >= 4 is 23.1 Å². The molecule has 0 unspecified atom stereocenters. The van der Waals surface area contributed by atoms with Crippen molar-refractivity contribution in [3.63, 3.8) is 0 Å². The van der Waals surface area contributed by atoms with Gasteiger partial charge in [-0.25, -0.2) is 9.37 Å². The van der Waals surface area contributed by atoms with Gasteiger partial charge < -0.3 is 14.0 Å². The fraction of sp³-hybridized carbons (Fsp3) is 0.312. The Balaban J connectivity index is 1.50. The van der Waals surface area contributed by atoms with Crippen LogP contribution in [0.25, 0.3) is 0 Å². The van der Waals surface area contributed by atoms with Gasteiger partial charge in [0.25, 0.3) is 0 Å². The van der Waals surface area contributed by atoms with Crippen molar-refractivity contribution in [2.24, 2.45) is 0 Å². The first kappa shape index (κ1) is 17.8. The molecule has 3 rings (SSSR count). The summed E-state index contributed by atoms with van der Waals surface area (Å²) in [5, 5.41) is 11.8. The molecule has 2 aromatic heterocycles. The van der Waals surface area contributed by atoms with E-state index in [2.05, 4.69) is 15.2 Å². The van der Waals surface area contributed by atoms with Crippen LogP contribution < -0.4 is 4.74 Å². The van der Waals surface area contributed by atoms with Gasteiger partial charge in [-0.2, -0.15) is 0 Å². The Hall–Kier alpha value is -1.97. The van der Waals surface area contributed by atoms with E-state index < -0.39 is 0 Å². The highest BCUT2D eigenvalue weighted by Crippen LogP contribution is 2.22. The van der Waals surface area contributed by atoms with Gasteiger partial charge in [-0.1, -0.05) is 11.8 Å². The van der Waals surface area contributed by atoms with E-state index in [1.165, 1.54) is 12.1 Å². The molecular weight excluding hydrogens is 363 g/mol. The lowest BCUT2D eigenvalue weighted by molar-refractivity contribution is 0.184. The summed E-state index contributed by atoms with van der Waals surface area (Å²) in [6.45, 7) is 1.71. The van der Waals surface area contributed by atoms with Gasteiger partial charge in [-0.15, -0.1) is 21.5 Å². The fourth-order valence-corrected chi connectivity index (χ4v) is 3.64. The minimum absolute atomic E-state index is 0.278. The second-order valence-electron chi connectivity index (χ2n) is 5.06. The molecule has 1 aromatic carbocycles. The van der Waals surface area contributed by atoms with E-state index in [0.717, 1.165) is 22.4 Å². The van der Waals surface area contributed by atoms with Crippen LogP contribution >= 0.6 is 23.1 Å². The van der Waals surface area contributed by atoms with Gasteiger partial charge in [-0.05, 0) is 24.3 Å². The molecule has 0 atom stereocenters. The maximum atomic E-state index is 12.9. The molecule has 0 aliphatic heterocycles. The lowest BCUT2D eigenvalue weighted by Gasteiger charge is -2.04. The number of halogens is 1. The number of methoxy groups -OCH3 is 1. The first-order valence-corrected chi connectivity index (χ1v) is 9.42. The van der Waals surface area contributed by atoms with Crippen LogP contribution in [-0.2, 0) is 23.6 Å². The highest BCUT2D eigenvalue weighted by Gasteiger charge is 2.08. The molecule has 0 saturated heterocycles. The zero-order valence-corrected chi connectivity index (χ0v) is 15.2. The van der Waals surface area contributed by atoms with Crippen molar-refractivity contribution in [2.75, 3.05) is 13.7 Å². The maximum absolute atomic E-state index is 12.9. The zero-order valence-electron chi connectivity index (χ0n) is 13.6. The molecule has 0 bridgehead atoms. The summed E-state index contributed by atoms with van der Waals surface area (Å²) < 4.78 is 25.5. The Morgan fingerprint density at radius 2 is 2.12 bits per heavy atom. The number of benzene rings is 1. The molecule has 0 saturated carbocycles. The van der Waals surface area contributed by atoms with E-state index in [4.69, 9.17) is 9.47 Å². The van der Waals surface area contributed by atoms with E-state index in [-0.39, 0.29) is 5.82 Å². The molecule has 9 heteroatoms. The molecule has 0 amide bonds. The van der Waals surface area contributed by atoms with Gasteiger partial charge in [0.2, 0.25) is 0 Å². The van der Waals surface area contributed by atoms with Crippen LogP contribution in [0, 0.1) is 5.82 Å². The summed E-state index contributed by atoms with van der Waals surface area (Å²) in [4.78, 5) is 4.55. The van der Waals surface area contributed by atoms with E-state index in [0.29, 0.717) is 24.7 Å². The number of nitrogens with zero attached hydrogens (tertiary/aromatic N) is 4. The van der Waals surface area contributed by atoms with Crippen molar-refractivity contribution in [3.8, 4) is 5.75 Å².